The van der Waals surface area contributed by atoms with Crippen LogP contribution in [0, 0.1) is 5.92 Å². The summed E-state index contributed by atoms with van der Waals surface area (Å²) in [5, 5.41) is 0. The Morgan fingerprint density at radius 2 is 1.58 bits per heavy atom. The lowest BCUT2D eigenvalue weighted by Gasteiger charge is -2.52. The molecule has 3 heterocycles. The van der Waals surface area contributed by atoms with Gasteiger partial charge in [0.1, 0.15) is 0 Å². The summed E-state index contributed by atoms with van der Waals surface area (Å²) in [6.45, 7) is 3.32. The molecule has 2 aromatic rings. The molecule has 24 heavy (non-hydrogen) atoms. The number of fused-ring (bicyclic) bond motifs is 3. The monoisotopic (exact) mass is 319 g/mol. The van der Waals surface area contributed by atoms with Crippen LogP contribution in [-0.4, -0.2) is 29.3 Å². The van der Waals surface area contributed by atoms with Gasteiger partial charge in [-0.1, -0.05) is 67.6 Å². The fourth-order valence-corrected chi connectivity index (χ4v) is 4.73. The van der Waals surface area contributed by atoms with Gasteiger partial charge in [-0.3, -0.25) is 9.69 Å². The first kappa shape index (κ1) is 15.6. The smallest absolute Gasteiger partial charge is 0.154 e. The lowest BCUT2D eigenvalue weighted by molar-refractivity contribution is -0.141. The standard InChI is InChI=1S/C22H25NO/c1-2-19-15-18-13-14-23(19)21(22(18)24)20(16-9-5-3-6-10-16)17-11-7-4-8-12-17/h3-12,18-21H,2,13-15H2,1H3. The number of hydrogen-bond donors (Lipinski definition) is 0. The van der Waals surface area contributed by atoms with Crippen LogP contribution in [0.2, 0.25) is 0 Å². The van der Waals surface area contributed by atoms with Gasteiger partial charge in [-0.25, -0.2) is 0 Å². The van der Waals surface area contributed by atoms with E-state index in [0.29, 0.717) is 11.8 Å². The van der Waals surface area contributed by atoms with Crippen LogP contribution in [0.4, 0.5) is 0 Å². The molecule has 4 atom stereocenters. The summed E-state index contributed by atoms with van der Waals surface area (Å²) < 4.78 is 0. The summed E-state index contributed by atoms with van der Waals surface area (Å²) in [5.74, 6) is 0.862. The van der Waals surface area contributed by atoms with Gasteiger partial charge < -0.3 is 0 Å². The Morgan fingerprint density at radius 1 is 1.00 bits per heavy atom. The van der Waals surface area contributed by atoms with Gasteiger partial charge in [0.2, 0.25) is 0 Å². The second kappa shape index (κ2) is 6.52. The third-order valence-electron chi connectivity index (χ3n) is 5.92. The molecule has 2 heteroatoms. The van der Waals surface area contributed by atoms with Crippen molar-refractivity contribution in [1.29, 1.82) is 0 Å². The van der Waals surface area contributed by atoms with Crippen molar-refractivity contribution in [2.75, 3.05) is 6.54 Å². The van der Waals surface area contributed by atoms with Crippen molar-refractivity contribution in [3.63, 3.8) is 0 Å². The molecule has 0 spiro atoms. The normalized spacial score (nSPS) is 29.2. The highest BCUT2D eigenvalue weighted by atomic mass is 16.1. The molecular weight excluding hydrogens is 294 g/mol. The zero-order valence-electron chi connectivity index (χ0n) is 14.3. The van der Waals surface area contributed by atoms with Crippen molar-refractivity contribution in [2.45, 2.75) is 44.2 Å². The molecular formula is C22H25NO. The van der Waals surface area contributed by atoms with Crippen LogP contribution in [0.1, 0.15) is 43.2 Å². The highest BCUT2D eigenvalue weighted by Crippen LogP contribution is 2.42. The number of carbonyl (C=O) groups is 1. The van der Waals surface area contributed by atoms with Gasteiger partial charge in [-0.15, -0.1) is 0 Å². The molecule has 4 unspecified atom stereocenters. The third kappa shape index (κ3) is 2.59. The Hall–Kier alpha value is -1.93. The average molecular weight is 319 g/mol. The fraction of sp³-hybridized carbons (Fsp3) is 0.409. The van der Waals surface area contributed by atoms with Crippen LogP contribution in [-0.2, 0) is 4.79 Å². The van der Waals surface area contributed by atoms with Crippen molar-refractivity contribution >= 4 is 5.78 Å². The average Bonchev–Trinajstić information content (AvgIpc) is 2.66. The maximum Gasteiger partial charge on any atom is 0.154 e. The number of ketones is 1. The SMILES string of the molecule is CCC1CC2CCN1C(C(c1ccccc1)c1ccccc1)C2=O. The third-order valence-corrected chi connectivity index (χ3v) is 5.92. The van der Waals surface area contributed by atoms with E-state index < -0.39 is 0 Å². The summed E-state index contributed by atoms with van der Waals surface area (Å²) in [6.07, 6.45) is 3.24. The van der Waals surface area contributed by atoms with E-state index in [0.717, 1.165) is 25.8 Å². The maximum absolute atomic E-state index is 13.2. The molecule has 0 aromatic heterocycles. The summed E-state index contributed by atoms with van der Waals surface area (Å²) >= 11 is 0. The molecule has 3 fully saturated rings. The highest BCUT2D eigenvalue weighted by Gasteiger charge is 2.49. The zero-order chi connectivity index (χ0) is 16.5. The number of Topliss-reactive ketones (excluding diaryl/α,β-unsaturated/α-hetero) is 1. The summed E-state index contributed by atoms with van der Waals surface area (Å²) in [7, 11) is 0. The van der Waals surface area contributed by atoms with Gasteiger partial charge in [0.25, 0.3) is 0 Å². The van der Waals surface area contributed by atoms with Gasteiger partial charge >= 0.3 is 0 Å². The number of nitrogens with zero attached hydrogens (tertiary/aromatic N) is 1. The molecule has 2 bridgehead atoms. The number of hydrogen-bond acceptors (Lipinski definition) is 2. The van der Waals surface area contributed by atoms with E-state index in [4.69, 9.17) is 0 Å². The second-order valence-corrected chi connectivity index (χ2v) is 7.17. The van der Waals surface area contributed by atoms with Crippen LogP contribution < -0.4 is 0 Å². The van der Waals surface area contributed by atoms with Crippen LogP contribution in [0.3, 0.4) is 0 Å². The van der Waals surface area contributed by atoms with Crippen LogP contribution >= 0.6 is 0 Å². The Kier molecular flexibility index (Phi) is 4.24. The molecule has 2 nitrogen and oxygen atoms in total. The molecule has 3 aliphatic rings. The van der Waals surface area contributed by atoms with Gasteiger partial charge in [-0.2, -0.15) is 0 Å². The maximum atomic E-state index is 13.2. The van der Waals surface area contributed by atoms with E-state index in [2.05, 4.69) is 72.5 Å². The molecule has 5 rings (SSSR count). The second-order valence-electron chi connectivity index (χ2n) is 7.17. The van der Waals surface area contributed by atoms with E-state index in [9.17, 15) is 4.79 Å². The number of benzene rings is 2. The van der Waals surface area contributed by atoms with Gasteiger partial charge in [0.05, 0.1) is 6.04 Å². The van der Waals surface area contributed by atoms with E-state index in [1.807, 2.05) is 0 Å². The molecule has 2 aromatic carbocycles. The van der Waals surface area contributed by atoms with Crippen molar-refractivity contribution in [3.05, 3.63) is 71.8 Å². The lowest BCUT2D eigenvalue weighted by atomic mass is 9.70. The molecule has 0 saturated carbocycles. The van der Waals surface area contributed by atoms with E-state index in [-0.39, 0.29) is 17.9 Å². The Morgan fingerprint density at radius 3 is 2.12 bits per heavy atom. The number of rotatable bonds is 4. The van der Waals surface area contributed by atoms with Crippen LogP contribution in [0.25, 0.3) is 0 Å². The Bertz CT molecular complexity index is 657. The van der Waals surface area contributed by atoms with Crippen LogP contribution in [0.5, 0.6) is 0 Å². The minimum atomic E-state index is -0.00718. The first-order valence-electron chi connectivity index (χ1n) is 9.19. The number of carbonyl (C=O) groups excluding carboxylic acids is 1. The predicted molar refractivity (Wildman–Crippen MR) is 97.0 cm³/mol. The fourth-order valence-electron chi connectivity index (χ4n) is 4.73. The molecule has 0 amide bonds. The summed E-state index contributed by atoms with van der Waals surface area (Å²) in [5.41, 5.74) is 2.51. The highest BCUT2D eigenvalue weighted by molar-refractivity contribution is 5.89. The summed E-state index contributed by atoms with van der Waals surface area (Å²) in [4.78, 5) is 15.7. The quantitative estimate of drug-likeness (QED) is 0.839. The first-order valence-corrected chi connectivity index (χ1v) is 9.19. The number of piperidine rings is 3. The molecule has 0 radical (unpaired) electrons. The first-order chi connectivity index (χ1) is 11.8. The van der Waals surface area contributed by atoms with E-state index in [1.54, 1.807) is 0 Å². The van der Waals surface area contributed by atoms with Crippen molar-refractivity contribution < 1.29 is 4.79 Å². The molecule has 0 aliphatic carbocycles. The summed E-state index contributed by atoms with van der Waals surface area (Å²) in [6, 6.07) is 21.7. The van der Waals surface area contributed by atoms with Gasteiger partial charge in [0.15, 0.2) is 5.78 Å². The molecule has 0 N–H and O–H groups in total. The molecule has 3 saturated heterocycles. The van der Waals surface area contributed by atoms with Crippen molar-refractivity contribution in [1.82, 2.24) is 4.90 Å². The molecule has 3 aliphatic heterocycles. The Labute approximate surface area is 144 Å². The van der Waals surface area contributed by atoms with Crippen molar-refractivity contribution in [3.8, 4) is 0 Å². The molecule has 124 valence electrons. The van der Waals surface area contributed by atoms with E-state index in [1.165, 1.54) is 11.1 Å². The predicted octanol–water partition coefficient (Wildman–Crippen LogP) is 4.26. The zero-order valence-corrected chi connectivity index (χ0v) is 14.3. The van der Waals surface area contributed by atoms with Gasteiger partial charge in [-0.05, 0) is 36.9 Å². The van der Waals surface area contributed by atoms with Gasteiger partial charge in [0, 0.05) is 17.9 Å². The Balaban J connectivity index is 1.80. The van der Waals surface area contributed by atoms with Crippen molar-refractivity contribution in [2.24, 2.45) is 5.92 Å². The largest absolute Gasteiger partial charge is 0.298 e. The lowest BCUT2D eigenvalue weighted by Crippen LogP contribution is -2.61. The van der Waals surface area contributed by atoms with Crippen LogP contribution in [0.15, 0.2) is 60.7 Å². The van der Waals surface area contributed by atoms with E-state index >= 15 is 0 Å². The minimum absolute atomic E-state index is 0.00718. The minimum Gasteiger partial charge on any atom is -0.298 e. The topological polar surface area (TPSA) is 20.3 Å².